The third-order valence-electron chi connectivity index (χ3n) is 5.87. The van der Waals surface area contributed by atoms with Gasteiger partial charge in [-0.1, -0.05) is 35.9 Å². The summed E-state index contributed by atoms with van der Waals surface area (Å²) in [7, 11) is 0. The Bertz CT molecular complexity index is 963. The fourth-order valence-electron chi connectivity index (χ4n) is 4.06. The van der Waals surface area contributed by atoms with Crippen molar-refractivity contribution in [2.24, 2.45) is 0 Å². The lowest BCUT2D eigenvalue weighted by molar-refractivity contribution is -0.131. The Labute approximate surface area is 188 Å². The number of likely N-dealkylation sites (tertiary alicyclic amines) is 1. The van der Waals surface area contributed by atoms with Crippen LogP contribution in [0.4, 0.5) is 0 Å². The number of carbonyl (C=O) groups excluding carboxylic acids is 1. The molecule has 162 valence electrons. The topological polar surface area (TPSA) is 51.0 Å². The number of amides is 1. The summed E-state index contributed by atoms with van der Waals surface area (Å²) in [5, 5.41) is 0. The van der Waals surface area contributed by atoms with Crippen LogP contribution < -0.4 is 0 Å². The molecule has 0 saturated carbocycles. The minimum Gasteiger partial charge on any atom is -0.343 e. The van der Waals surface area contributed by atoms with Crippen LogP contribution >= 0.6 is 11.8 Å². The lowest BCUT2D eigenvalue weighted by atomic mass is 9.95. The highest BCUT2D eigenvalue weighted by atomic mass is 32.2. The second-order valence-electron chi connectivity index (χ2n) is 8.18. The van der Waals surface area contributed by atoms with Crippen LogP contribution in [0.15, 0.2) is 61.1 Å². The van der Waals surface area contributed by atoms with E-state index >= 15 is 0 Å². The molecule has 1 fully saturated rings. The summed E-state index contributed by atoms with van der Waals surface area (Å²) >= 11 is 1.84. The average molecular weight is 435 g/mol. The smallest absolute Gasteiger partial charge is 0.223 e. The van der Waals surface area contributed by atoms with E-state index in [1.807, 2.05) is 53.5 Å². The summed E-state index contributed by atoms with van der Waals surface area (Å²) in [5.74, 6) is 3.65. The van der Waals surface area contributed by atoms with Gasteiger partial charge in [-0.25, -0.2) is 4.98 Å². The molecule has 5 nitrogen and oxygen atoms in total. The molecule has 1 aliphatic rings. The highest BCUT2D eigenvalue weighted by molar-refractivity contribution is 7.98. The van der Waals surface area contributed by atoms with Crippen LogP contribution in [0.3, 0.4) is 0 Å². The average Bonchev–Trinajstić information content (AvgIpc) is 3.26. The van der Waals surface area contributed by atoms with E-state index in [-0.39, 0.29) is 5.91 Å². The van der Waals surface area contributed by atoms with Crippen LogP contribution in [0.25, 0.3) is 0 Å². The molecule has 2 aromatic heterocycles. The maximum absolute atomic E-state index is 12.6. The first-order valence-corrected chi connectivity index (χ1v) is 12.2. The number of thioether (sulfide) groups is 1. The van der Waals surface area contributed by atoms with Gasteiger partial charge in [0.25, 0.3) is 0 Å². The zero-order valence-corrected chi connectivity index (χ0v) is 18.9. The van der Waals surface area contributed by atoms with Crippen molar-refractivity contribution >= 4 is 17.7 Å². The standard InChI is InChI=1S/C25H30N4OS/c1-20-5-7-21(8-6-20)19-31-17-11-24(30)28-14-9-22(10-15-28)25-27-13-16-29(25)18-23-4-2-3-12-26-23/h2-8,12-13,16,22H,9-11,14-15,17-19H2,1H3. The van der Waals surface area contributed by atoms with Crippen LogP contribution in [0.2, 0.25) is 0 Å². The Balaban J connectivity index is 1.21. The minimum absolute atomic E-state index is 0.284. The predicted octanol–water partition coefficient (Wildman–Crippen LogP) is 4.66. The highest BCUT2D eigenvalue weighted by Crippen LogP contribution is 2.28. The number of hydrogen-bond donors (Lipinski definition) is 0. The Morgan fingerprint density at radius 2 is 1.87 bits per heavy atom. The second kappa shape index (κ2) is 10.6. The van der Waals surface area contributed by atoms with Crippen LogP contribution in [-0.4, -0.2) is 44.2 Å². The summed E-state index contributed by atoms with van der Waals surface area (Å²) in [6, 6.07) is 14.6. The monoisotopic (exact) mass is 434 g/mol. The van der Waals surface area contributed by atoms with Gasteiger partial charge in [0, 0.05) is 55.5 Å². The Morgan fingerprint density at radius 3 is 2.61 bits per heavy atom. The van der Waals surface area contributed by atoms with Crippen LogP contribution in [0.5, 0.6) is 0 Å². The van der Waals surface area contributed by atoms with Crippen molar-refractivity contribution in [2.45, 2.75) is 44.4 Å². The number of nitrogens with zero attached hydrogens (tertiary/aromatic N) is 4. The van der Waals surface area contributed by atoms with Gasteiger partial charge in [0.15, 0.2) is 0 Å². The molecular weight excluding hydrogens is 404 g/mol. The fraction of sp³-hybridized carbons (Fsp3) is 0.400. The number of imidazole rings is 1. The van der Waals surface area contributed by atoms with E-state index in [1.54, 1.807) is 0 Å². The molecule has 6 heteroatoms. The molecule has 1 aromatic carbocycles. The maximum atomic E-state index is 12.6. The molecule has 4 rings (SSSR count). The third-order valence-corrected chi connectivity index (χ3v) is 6.90. The van der Waals surface area contributed by atoms with Gasteiger partial charge in [0.05, 0.1) is 12.2 Å². The van der Waals surface area contributed by atoms with Crippen molar-refractivity contribution in [3.8, 4) is 0 Å². The SMILES string of the molecule is Cc1ccc(CSCCC(=O)N2CCC(c3nccn3Cc3ccccn3)CC2)cc1. The van der Waals surface area contributed by atoms with E-state index < -0.39 is 0 Å². The summed E-state index contributed by atoms with van der Waals surface area (Å²) < 4.78 is 2.20. The Hall–Kier alpha value is -2.60. The van der Waals surface area contributed by atoms with E-state index in [1.165, 1.54) is 11.1 Å². The van der Waals surface area contributed by atoms with Crippen molar-refractivity contribution in [3.63, 3.8) is 0 Å². The lowest BCUT2D eigenvalue weighted by Gasteiger charge is -2.32. The maximum Gasteiger partial charge on any atom is 0.223 e. The second-order valence-corrected chi connectivity index (χ2v) is 9.28. The van der Waals surface area contributed by atoms with Crippen LogP contribution in [-0.2, 0) is 17.1 Å². The van der Waals surface area contributed by atoms with Gasteiger partial charge < -0.3 is 9.47 Å². The summed E-state index contributed by atoms with van der Waals surface area (Å²) in [6.07, 6.45) is 8.31. The van der Waals surface area contributed by atoms with Crippen LogP contribution in [0.1, 0.15) is 47.8 Å². The van der Waals surface area contributed by atoms with E-state index in [2.05, 4.69) is 45.7 Å². The quantitative estimate of drug-likeness (QED) is 0.484. The van der Waals surface area contributed by atoms with Gasteiger partial charge in [-0.2, -0.15) is 11.8 Å². The molecule has 0 unspecified atom stereocenters. The van der Waals surface area contributed by atoms with Crippen molar-refractivity contribution in [3.05, 3.63) is 83.7 Å². The molecule has 0 spiro atoms. The molecule has 31 heavy (non-hydrogen) atoms. The van der Waals surface area contributed by atoms with Gasteiger partial charge >= 0.3 is 0 Å². The lowest BCUT2D eigenvalue weighted by Crippen LogP contribution is -2.38. The van der Waals surface area contributed by atoms with E-state index in [0.29, 0.717) is 12.3 Å². The number of carbonyl (C=O) groups is 1. The van der Waals surface area contributed by atoms with Crippen molar-refractivity contribution < 1.29 is 4.79 Å². The third kappa shape index (κ3) is 5.97. The van der Waals surface area contributed by atoms with E-state index in [4.69, 9.17) is 0 Å². The summed E-state index contributed by atoms with van der Waals surface area (Å²) in [5.41, 5.74) is 3.65. The number of rotatable bonds is 8. The normalized spacial score (nSPS) is 14.7. The van der Waals surface area contributed by atoms with Crippen molar-refractivity contribution in [2.75, 3.05) is 18.8 Å². The molecule has 0 aliphatic carbocycles. The molecule has 3 aromatic rings. The van der Waals surface area contributed by atoms with Gasteiger partial charge in [-0.3, -0.25) is 9.78 Å². The Morgan fingerprint density at radius 1 is 1.06 bits per heavy atom. The van der Waals surface area contributed by atoms with Gasteiger partial charge in [-0.15, -0.1) is 0 Å². The van der Waals surface area contributed by atoms with Gasteiger partial charge in [0.2, 0.25) is 5.91 Å². The highest BCUT2D eigenvalue weighted by Gasteiger charge is 2.26. The molecule has 0 radical (unpaired) electrons. The summed E-state index contributed by atoms with van der Waals surface area (Å²) in [6.45, 7) is 4.49. The number of piperidine rings is 1. The first-order valence-electron chi connectivity index (χ1n) is 11.0. The molecular formula is C25H30N4OS. The van der Waals surface area contributed by atoms with E-state index in [0.717, 1.165) is 55.5 Å². The number of aromatic nitrogens is 3. The number of pyridine rings is 1. The molecule has 0 atom stereocenters. The number of aryl methyl sites for hydroxylation is 1. The zero-order valence-electron chi connectivity index (χ0n) is 18.1. The molecule has 1 saturated heterocycles. The van der Waals surface area contributed by atoms with Gasteiger partial charge in [0.1, 0.15) is 5.82 Å². The zero-order chi connectivity index (χ0) is 21.5. The molecule has 3 heterocycles. The minimum atomic E-state index is 0.284. The molecule has 0 bridgehead atoms. The van der Waals surface area contributed by atoms with Crippen molar-refractivity contribution in [1.82, 2.24) is 19.4 Å². The Kier molecular flexibility index (Phi) is 7.41. The number of hydrogen-bond acceptors (Lipinski definition) is 4. The predicted molar refractivity (Wildman–Crippen MR) is 126 cm³/mol. The molecule has 1 amide bonds. The first kappa shape index (κ1) is 21.6. The largest absolute Gasteiger partial charge is 0.343 e. The fourth-order valence-corrected chi connectivity index (χ4v) is 4.95. The van der Waals surface area contributed by atoms with Gasteiger partial charge in [-0.05, 0) is 37.5 Å². The number of benzene rings is 1. The molecule has 0 N–H and O–H groups in total. The summed E-state index contributed by atoms with van der Waals surface area (Å²) in [4.78, 5) is 23.7. The first-order chi connectivity index (χ1) is 15.2. The van der Waals surface area contributed by atoms with Crippen LogP contribution in [0, 0.1) is 6.92 Å². The van der Waals surface area contributed by atoms with Crippen molar-refractivity contribution in [1.29, 1.82) is 0 Å². The van der Waals surface area contributed by atoms with E-state index in [9.17, 15) is 4.79 Å². The molecule has 1 aliphatic heterocycles.